The van der Waals surface area contributed by atoms with Crippen LogP contribution in [0.5, 0.6) is 0 Å². The second-order valence-electron chi connectivity index (χ2n) is 4.92. The molecule has 0 amide bonds. The SMILES string of the molecule is CCN1CCCC1CN(C)c1ncnc(Cl)c1NC. The molecule has 1 aromatic heterocycles. The molecule has 1 saturated heterocycles. The predicted octanol–water partition coefficient (Wildman–Crippen LogP) is 2.09. The molecule has 1 aromatic rings. The second-order valence-corrected chi connectivity index (χ2v) is 5.28. The first-order valence-corrected chi connectivity index (χ1v) is 7.18. The van der Waals surface area contributed by atoms with Crippen LogP contribution in [0.25, 0.3) is 0 Å². The highest BCUT2D eigenvalue weighted by Crippen LogP contribution is 2.29. The molecule has 2 heterocycles. The van der Waals surface area contributed by atoms with Crippen molar-refractivity contribution in [3.63, 3.8) is 0 Å². The van der Waals surface area contributed by atoms with Gasteiger partial charge in [-0.05, 0) is 25.9 Å². The van der Waals surface area contributed by atoms with Gasteiger partial charge in [0.15, 0.2) is 11.0 Å². The lowest BCUT2D eigenvalue weighted by Gasteiger charge is -2.29. The van der Waals surface area contributed by atoms with Crippen molar-refractivity contribution in [3.8, 4) is 0 Å². The Kier molecular flexibility index (Phi) is 4.82. The third-order valence-corrected chi connectivity index (χ3v) is 4.07. The van der Waals surface area contributed by atoms with Gasteiger partial charge in [-0.15, -0.1) is 0 Å². The number of likely N-dealkylation sites (N-methyl/N-ethyl adjacent to an activating group) is 2. The second kappa shape index (κ2) is 6.39. The molecule has 0 aliphatic carbocycles. The summed E-state index contributed by atoms with van der Waals surface area (Å²) in [5, 5.41) is 3.55. The fourth-order valence-electron chi connectivity index (χ4n) is 2.78. The molecular formula is C13H22ClN5. The molecule has 0 bridgehead atoms. The van der Waals surface area contributed by atoms with Crippen LogP contribution < -0.4 is 10.2 Å². The highest BCUT2D eigenvalue weighted by molar-refractivity contribution is 6.32. The fraction of sp³-hybridized carbons (Fsp3) is 0.692. The van der Waals surface area contributed by atoms with E-state index in [2.05, 4.69) is 39.1 Å². The summed E-state index contributed by atoms with van der Waals surface area (Å²) >= 11 is 6.10. The van der Waals surface area contributed by atoms with Crippen LogP contribution in [0.4, 0.5) is 11.5 Å². The van der Waals surface area contributed by atoms with Crippen LogP contribution in [0, 0.1) is 0 Å². The normalized spacial score (nSPS) is 19.7. The standard InChI is InChI=1S/C13H22ClN5/c1-4-19-7-5-6-10(19)8-18(3)13-11(15-2)12(14)16-9-17-13/h9-10,15H,4-8H2,1-3H3. The number of likely N-dealkylation sites (tertiary alicyclic amines) is 1. The van der Waals surface area contributed by atoms with Crippen molar-refractivity contribution in [2.24, 2.45) is 0 Å². The Bertz CT molecular complexity index is 425. The number of aromatic nitrogens is 2. The number of nitrogens with one attached hydrogen (secondary N) is 1. The Morgan fingerprint density at radius 1 is 1.53 bits per heavy atom. The van der Waals surface area contributed by atoms with E-state index < -0.39 is 0 Å². The van der Waals surface area contributed by atoms with Crippen molar-refractivity contribution in [1.29, 1.82) is 0 Å². The van der Waals surface area contributed by atoms with Gasteiger partial charge >= 0.3 is 0 Å². The average molecular weight is 284 g/mol. The summed E-state index contributed by atoms with van der Waals surface area (Å²) in [6, 6.07) is 0.605. The number of nitrogens with zero attached hydrogens (tertiary/aromatic N) is 4. The van der Waals surface area contributed by atoms with E-state index in [0.29, 0.717) is 11.2 Å². The molecule has 1 unspecified atom stereocenters. The minimum atomic E-state index is 0.470. The van der Waals surface area contributed by atoms with Crippen molar-refractivity contribution in [2.75, 3.05) is 43.9 Å². The van der Waals surface area contributed by atoms with Crippen molar-refractivity contribution in [1.82, 2.24) is 14.9 Å². The van der Waals surface area contributed by atoms with E-state index in [0.717, 1.165) is 24.6 Å². The molecule has 1 atom stereocenters. The average Bonchev–Trinajstić information content (AvgIpc) is 2.85. The zero-order valence-corrected chi connectivity index (χ0v) is 12.6. The van der Waals surface area contributed by atoms with Crippen LogP contribution in [0.3, 0.4) is 0 Å². The highest BCUT2D eigenvalue weighted by Gasteiger charge is 2.25. The summed E-state index contributed by atoms with van der Waals surface area (Å²) in [7, 11) is 3.90. The molecule has 1 aliphatic rings. The summed E-state index contributed by atoms with van der Waals surface area (Å²) in [6.45, 7) is 5.51. The van der Waals surface area contributed by atoms with Crippen LogP contribution in [0.1, 0.15) is 19.8 Å². The van der Waals surface area contributed by atoms with Crippen LogP contribution in [0.15, 0.2) is 6.33 Å². The molecule has 106 valence electrons. The van der Waals surface area contributed by atoms with E-state index in [1.807, 2.05) is 7.05 Å². The van der Waals surface area contributed by atoms with Gasteiger partial charge < -0.3 is 10.2 Å². The minimum Gasteiger partial charge on any atom is -0.383 e. The van der Waals surface area contributed by atoms with Crippen molar-refractivity contribution in [3.05, 3.63) is 11.5 Å². The van der Waals surface area contributed by atoms with Gasteiger partial charge in [-0.3, -0.25) is 4.90 Å². The van der Waals surface area contributed by atoms with E-state index >= 15 is 0 Å². The molecule has 1 fully saturated rings. The molecule has 0 spiro atoms. The number of hydrogen-bond donors (Lipinski definition) is 1. The maximum Gasteiger partial charge on any atom is 0.157 e. The number of anilines is 2. The van der Waals surface area contributed by atoms with E-state index in [9.17, 15) is 0 Å². The van der Waals surface area contributed by atoms with E-state index in [1.165, 1.54) is 25.7 Å². The first kappa shape index (κ1) is 14.3. The predicted molar refractivity (Wildman–Crippen MR) is 80.1 cm³/mol. The lowest BCUT2D eigenvalue weighted by atomic mass is 10.2. The molecule has 1 aliphatic heterocycles. The summed E-state index contributed by atoms with van der Waals surface area (Å²) < 4.78 is 0. The lowest BCUT2D eigenvalue weighted by Crippen LogP contribution is -2.39. The lowest BCUT2D eigenvalue weighted by molar-refractivity contribution is 0.270. The monoisotopic (exact) mass is 283 g/mol. The third kappa shape index (κ3) is 3.09. The van der Waals surface area contributed by atoms with E-state index in [-0.39, 0.29) is 0 Å². The molecule has 0 aromatic carbocycles. The third-order valence-electron chi connectivity index (χ3n) is 3.78. The first-order valence-electron chi connectivity index (χ1n) is 6.80. The number of halogens is 1. The number of rotatable bonds is 5. The maximum absolute atomic E-state index is 6.10. The fourth-order valence-corrected chi connectivity index (χ4v) is 3.00. The van der Waals surface area contributed by atoms with Crippen LogP contribution in [0.2, 0.25) is 5.15 Å². The zero-order chi connectivity index (χ0) is 13.8. The van der Waals surface area contributed by atoms with E-state index in [1.54, 1.807) is 0 Å². The van der Waals surface area contributed by atoms with Crippen LogP contribution in [-0.4, -0.2) is 54.6 Å². The summed E-state index contributed by atoms with van der Waals surface area (Å²) in [4.78, 5) is 13.1. The van der Waals surface area contributed by atoms with Gasteiger partial charge in [0, 0.05) is 26.7 Å². The Balaban J connectivity index is 2.11. The van der Waals surface area contributed by atoms with Gasteiger partial charge in [0.05, 0.1) is 0 Å². The largest absolute Gasteiger partial charge is 0.383 e. The van der Waals surface area contributed by atoms with Gasteiger partial charge in [-0.2, -0.15) is 0 Å². The van der Waals surface area contributed by atoms with E-state index in [4.69, 9.17) is 11.6 Å². The minimum absolute atomic E-state index is 0.470. The molecule has 19 heavy (non-hydrogen) atoms. The van der Waals surface area contributed by atoms with Gasteiger partial charge in [0.2, 0.25) is 0 Å². The number of hydrogen-bond acceptors (Lipinski definition) is 5. The first-order chi connectivity index (χ1) is 9.17. The zero-order valence-electron chi connectivity index (χ0n) is 11.9. The van der Waals surface area contributed by atoms with Crippen LogP contribution >= 0.6 is 11.6 Å². The van der Waals surface area contributed by atoms with Gasteiger partial charge in [-0.25, -0.2) is 9.97 Å². The molecule has 6 heteroatoms. The summed E-state index contributed by atoms with van der Waals surface area (Å²) in [5.41, 5.74) is 0.799. The van der Waals surface area contributed by atoms with Crippen LogP contribution in [-0.2, 0) is 0 Å². The van der Waals surface area contributed by atoms with Crippen molar-refractivity contribution >= 4 is 23.1 Å². The van der Waals surface area contributed by atoms with Gasteiger partial charge in [-0.1, -0.05) is 18.5 Å². The Labute approximate surface area is 120 Å². The molecule has 1 N–H and O–H groups in total. The molecule has 2 rings (SSSR count). The Hall–Kier alpha value is -1.07. The molecule has 5 nitrogen and oxygen atoms in total. The molecule has 0 radical (unpaired) electrons. The molecular weight excluding hydrogens is 262 g/mol. The molecule has 0 saturated carbocycles. The highest BCUT2D eigenvalue weighted by atomic mass is 35.5. The topological polar surface area (TPSA) is 44.3 Å². The Morgan fingerprint density at radius 2 is 2.32 bits per heavy atom. The van der Waals surface area contributed by atoms with Gasteiger partial charge in [0.1, 0.15) is 12.0 Å². The maximum atomic E-state index is 6.10. The quantitative estimate of drug-likeness (QED) is 0.839. The van der Waals surface area contributed by atoms with Crippen molar-refractivity contribution < 1.29 is 0 Å². The summed E-state index contributed by atoms with van der Waals surface area (Å²) in [5.74, 6) is 0.866. The summed E-state index contributed by atoms with van der Waals surface area (Å²) in [6.07, 6.45) is 4.06. The van der Waals surface area contributed by atoms with Gasteiger partial charge in [0.25, 0.3) is 0 Å². The van der Waals surface area contributed by atoms with Crippen molar-refractivity contribution in [2.45, 2.75) is 25.8 Å². The Morgan fingerprint density at radius 3 is 3.00 bits per heavy atom. The smallest absolute Gasteiger partial charge is 0.157 e.